The van der Waals surface area contributed by atoms with Crippen LogP contribution in [-0.4, -0.2) is 27.1 Å². The second-order valence-electron chi connectivity index (χ2n) is 4.81. The van der Waals surface area contributed by atoms with Gasteiger partial charge in [-0.1, -0.05) is 23.7 Å². The highest BCUT2D eigenvalue weighted by molar-refractivity contribution is 7.92. The van der Waals surface area contributed by atoms with Crippen LogP contribution in [0.25, 0.3) is 0 Å². The van der Waals surface area contributed by atoms with E-state index in [0.717, 1.165) is 16.6 Å². The van der Waals surface area contributed by atoms with Gasteiger partial charge >= 0.3 is 0 Å². The van der Waals surface area contributed by atoms with Crippen LogP contribution in [0.1, 0.15) is 0 Å². The summed E-state index contributed by atoms with van der Waals surface area (Å²) in [6.07, 6.45) is 0.989. The lowest BCUT2D eigenvalue weighted by Crippen LogP contribution is -2.37. The van der Waals surface area contributed by atoms with Crippen LogP contribution in [-0.2, 0) is 14.8 Å². The van der Waals surface area contributed by atoms with Crippen LogP contribution in [0.15, 0.2) is 48.5 Å². The molecule has 0 unspecified atom stereocenters. The Morgan fingerprint density at radius 2 is 1.91 bits per heavy atom. The van der Waals surface area contributed by atoms with Gasteiger partial charge in [-0.05, 0) is 36.4 Å². The van der Waals surface area contributed by atoms with Crippen molar-refractivity contribution in [3.05, 3.63) is 59.4 Å². The van der Waals surface area contributed by atoms with Crippen LogP contribution in [0, 0.1) is 5.82 Å². The minimum absolute atomic E-state index is 0.245. The molecule has 0 aliphatic heterocycles. The Hall–Kier alpha value is -2.12. The lowest BCUT2D eigenvalue weighted by molar-refractivity contribution is -0.114. The number of carbonyl (C=O) groups excluding carboxylic acids is 1. The number of rotatable bonds is 5. The number of hydrogen-bond donors (Lipinski definition) is 1. The molecule has 23 heavy (non-hydrogen) atoms. The molecule has 0 saturated carbocycles. The minimum atomic E-state index is -3.69. The first-order chi connectivity index (χ1) is 10.8. The first-order valence-corrected chi connectivity index (χ1v) is 8.77. The second-order valence-corrected chi connectivity index (χ2v) is 7.15. The molecule has 0 aliphatic rings. The van der Waals surface area contributed by atoms with E-state index >= 15 is 0 Å². The molecule has 0 atom stereocenters. The van der Waals surface area contributed by atoms with Crippen molar-refractivity contribution in [3.8, 4) is 0 Å². The van der Waals surface area contributed by atoms with Crippen molar-refractivity contribution in [2.45, 2.75) is 0 Å². The van der Waals surface area contributed by atoms with Gasteiger partial charge in [0.25, 0.3) is 0 Å². The summed E-state index contributed by atoms with van der Waals surface area (Å²) in [6, 6.07) is 11.5. The minimum Gasteiger partial charge on any atom is -0.324 e. The van der Waals surface area contributed by atoms with E-state index in [1.807, 2.05) is 0 Å². The highest BCUT2D eigenvalue weighted by Gasteiger charge is 2.21. The fraction of sp³-hybridized carbons (Fsp3) is 0.133. The molecule has 0 saturated heterocycles. The van der Waals surface area contributed by atoms with Crippen molar-refractivity contribution in [2.24, 2.45) is 0 Å². The largest absolute Gasteiger partial charge is 0.324 e. The number of nitrogens with one attached hydrogen (secondary N) is 1. The molecule has 1 amide bonds. The van der Waals surface area contributed by atoms with Crippen molar-refractivity contribution in [3.63, 3.8) is 0 Å². The number of amides is 1. The number of nitrogens with zero attached hydrogens (tertiary/aromatic N) is 1. The third-order valence-corrected chi connectivity index (χ3v) is 4.27. The Balaban J connectivity index is 2.20. The van der Waals surface area contributed by atoms with Crippen LogP contribution in [0.2, 0.25) is 5.02 Å². The lowest BCUT2D eigenvalue weighted by Gasteiger charge is -2.22. The number of carbonyl (C=O) groups is 1. The summed E-state index contributed by atoms with van der Waals surface area (Å²) < 4.78 is 37.9. The zero-order valence-electron chi connectivity index (χ0n) is 12.2. The van der Waals surface area contributed by atoms with Gasteiger partial charge in [-0.2, -0.15) is 0 Å². The fourth-order valence-electron chi connectivity index (χ4n) is 1.93. The van der Waals surface area contributed by atoms with E-state index in [1.165, 1.54) is 30.3 Å². The number of sulfonamides is 1. The SMILES string of the molecule is CS(=O)(=O)N(CC(=O)Nc1cccc(F)c1)c1cccc(Cl)c1. The molecule has 0 bridgehead atoms. The summed E-state index contributed by atoms with van der Waals surface area (Å²) in [5.74, 6) is -1.10. The summed E-state index contributed by atoms with van der Waals surface area (Å²) in [5.41, 5.74) is 0.518. The Bertz CT molecular complexity index is 827. The molecule has 2 rings (SSSR count). The highest BCUT2D eigenvalue weighted by Crippen LogP contribution is 2.21. The Morgan fingerprint density at radius 3 is 2.52 bits per heavy atom. The zero-order chi connectivity index (χ0) is 17.0. The molecule has 8 heteroatoms. The van der Waals surface area contributed by atoms with Gasteiger partial charge in [0.2, 0.25) is 15.9 Å². The second kappa shape index (κ2) is 6.97. The summed E-state index contributed by atoms with van der Waals surface area (Å²) in [5, 5.41) is 2.80. The predicted molar refractivity (Wildman–Crippen MR) is 88.7 cm³/mol. The third-order valence-electron chi connectivity index (χ3n) is 2.89. The van der Waals surface area contributed by atoms with E-state index in [2.05, 4.69) is 5.32 Å². The van der Waals surface area contributed by atoms with Gasteiger partial charge in [0.1, 0.15) is 12.4 Å². The molecule has 0 spiro atoms. The van der Waals surface area contributed by atoms with Crippen LogP contribution in [0.3, 0.4) is 0 Å². The maximum atomic E-state index is 13.1. The van der Waals surface area contributed by atoms with E-state index in [9.17, 15) is 17.6 Å². The molecule has 0 fully saturated rings. The van der Waals surface area contributed by atoms with E-state index in [-0.39, 0.29) is 11.4 Å². The van der Waals surface area contributed by atoms with E-state index < -0.39 is 28.3 Å². The van der Waals surface area contributed by atoms with Crippen LogP contribution >= 0.6 is 11.6 Å². The molecule has 0 radical (unpaired) electrons. The van der Waals surface area contributed by atoms with Gasteiger partial charge < -0.3 is 5.32 Å². The standard InChI is InChI=1S/C15H14ClFN2O3S/c1-23(21,22)19(14-7-2-4-11(16)8-14)10-15(20)18-13-6-3-5-12(17)9-13/h2-9H,10H2,1H3,(H,18,20). The molecule has 0 heterocycles. The fourth-order valence-corrected chi connectivity index (χ4v) is 2.96. The van der Waals surface area contributed by atoms with Gasteiger partial charge in [0.15, 0.2) is 0 Å². The van der Waals surface area contributed by atoms with Gasteiger partial charge in [-0.3, -0.25) is 9.10 Å². The number of halogens is 2. The molecule has 5 nitrogen and oxygen atoms in total. The molecular formula is C15H14ClFN2O3S. The topological polar surface area (TPSA) is 66.5 Å². The Morgan fingerprint density at radius 1 is 1.22 bits per heavy atom. The van der Waals surface area contributed by atoms with Crippen molar-refractivity contribution in [1.82, 2.24) is 0 Å². The quantitative estimate of drug-likeness (QED) is 0.895. The average Bonchev–Trinajstić information content (AvgIpc) is 2.43. The van der Waals surface area contributed by atoms with Crippen molar-refractivity contribution in [2.75, 3.05) is 22.4 Å². The summed E-state index contributed by atoms with van der Waals surface area (Å²) in [7, 11) is -3.69. The number of hydrogen-bond acceptors (Lipinski definition) is 3. The normalized spacial score (nSPS) is 11.1. The average molecular weight is 357 g/mol. The van der Waals surface area contributed by atoms with Gasteiger partial charge in [-0.25, -0.2) is 12.8 Å². The maximum absolute atomic E-state index is 13.1. The van der Waals surface area contributed by atoms with Crippen LogP contribution in [0.4, 0.5) is 15.8 Å². The zero-order valence-corrected chi connectivity index (χ0v) is 13.7. The number of benzene rings is 2. The predicted octanol–water partition coefficient (Wildman–Crippen LogP) is 2.88. The van der Waals surface area contributed by atoms with Crippen LogP contribution in [0.5, 0.6) is 0 Å². The van der Waals surface area contributed by atoms with Gasteiger partial charge in [0.05, 0.1) is 11.9 Å². The lowest BCUT2D eigenvalue weighted by atomic mass is 10.3. The summed E-state index contributed by atoms with van der Waals surface area (Å²) >= 11 is 5.86. The monoisotopic (exact) mass is 356 g/mol. The molecule has 122 valence electrons. The molecular weight excluding hydrogens is 343 g/mol. The van der Waals surface area contributed by atoms with Crippen LogP contribution < -0.4 is 9.62 Å². The van der Waals surface area contributed by atoms with Crippen molar-refractivity contribution >= 4 is 38.9 Å². The molecule has 0 aliphatic carbocycles. The highest BCUT2D eigenvalue weighted by atomic mass is 35.5. The Labute approximate surface area is 138 Å². The first kappa shape index (κ1) is 17.2. The van der Waals surface area contributed by atoms with Gasteiger partial charge in [0, 0.05) is 10.7 Å². The van der Waals surface area contributed by atoms with E-state index in [0.29, 0.717) is 5.02 Å². The first-order valence-electron chi connectivity index (χ1n) is 6.54. The van der Waals surface area contributed by atoms with Crippen molar-refractivity contribution < 1.29 is 17.6 Å². The molecule has 2 aromatic carbocycles. The van der Waals surface area contributed by atoms with Gasteiger partial charge in [-0.15, -0.1) is 0 Å². The van der Waals surface area contributed by atoms with E-state index in [1.54, 1.807) is 12.1 Å². The summed E-state index contributed by atoms with van der Waals surface area (Å²) in [6.45, 7) is -0.449. The molecule has 2 aromatic rings. The maximum Gasteiger partial charge on any atom is 0.245 e. The molecule has 0 aromatic heterocycles. The van der Waals surface area contributed by atoms with Crippen molar-refractivity contribution in [1.29, 1.82) is 0 Å². The molecule has 1 N–H and O–H groups in total. The number of anilines is 2. The smallest absolute Gasteiger partial charge is 0.245 e. The van der Waals surface area contributed by atoms with E-state index in [4.69, 9.17) is 11.6 Å². The summed E-state index contributed by atoms with van der Waals surface area (Å²) in [4.78, 5) is 12.1. The Kier molecular flexibility index (Phi) is 5.23. The third kappa shape index (κ3) is 4.94.